The third-order valence-corrected chi connectivity index (χ3v) is 3.83. The van der Waals surface area contributed by atoms with E-state index in [9.17, 15) is 0 Å². The highest BCUT2D eigenvalue weighted by Gasteiger charge is 2.03. The lowest BCUT2D eigenvalue weighted by Gasteiger charge is -2.17. The Morgan fingerprint density at radius 3 is 2.76 bits per heavy atom. The second kappa shape index (κ2) is 8.50. The van der Waals surface area contributed by atoms with Crippen molar-refractivity contribution in [1.29, 1.82) is 0 Å². The first-order valence-corrected chi connectivity index (χ1v) is 7.23. The molecule has 1 heterocycles. The van der Waals surface area contributed by atoms with Gasteiger partial charge in [-0.1, -0.05) is 13.8 Å². The van der Waals surface area contributed by atoms with Crippen LogP contribution in [0.25, 0.3) is 0 Å². The first-order chi connectivity index (χ1) is 8.31. The van der Waals surface area contributed by atoms with Gasteiger partial charge in [0.25, 0.3) is 0 Å². The highest BCUT2D eigenvalue weighted by molar-refractivity contribution is 7.10. The Bertz CT molecular complexity index is 297. The number of hydrogen-bond acceptors (Lipinski definition) is 4. The average Bonchev–Trinajstić information content (AvgIpc) is 2.81. The monoisotopic (exact) mass is 256 g/mol. The van der Waals surface area contributed by atoms with Gasteiger partial charge in [-0.15, -0.1) is 11.3 Å². The standard InChI is InChI=1S/C13H24N2OS/c1-4-15(5-2)9-6-8-14-11-13-12(16-3)7-10-17-13/h7,10,14H,4-6,8-9,11H2,1-3H3. The van der Waals surface area contributed by atoms with Crippen molar-refractivity contribution in [3.63, 3.8) is 0 Å². The molecule has 17 heavy (non-hydrogen) atoms. The van der Waals surface area contributed by atoms with Gasteiger partial charge >= 0.3 is 0 Å². The summed E-state index contributed by atoms with van der Waals surface area (Å²) in [6, 6.07) is 2.03. The predicted molar refractivity (Wildman–Crippen MR) is 75.0 cm³/mol. The van der Waals surface area contributed by atoms with Crippen LogP contribution in [0.1, 0.15) is 25.1 Å². The first kappa shape index (κ1) is 14.5. The highest BCUT2D eigenvalue weighted by atomic mass is 32.1. The zero-order valence-electron chi connectivity index (χ0n) is 11.2. The van der Waals surface area contributed by atoms with E-state index in [0.29, 0.717) is 0 Å². The summed E-state index contributed by atoms with van der Waals surface area (Å²) in [6.45, 7) is 9.89. The predicted octanol–water partition coefficient (Wildman–Crippen LogP) is 2.58. The summed E-state index contributed by atoms with van der Waals surface area (Å²) in [4.78, 5) is 3.74. The van der Waals surface area contributed by atoms with Gasteiger partial charge in [-0.2, -0.15) is 0 Å². The molecule has 0 saturated heterocycles. The van der Waals surface area contributed by atoms with E-state index in [1.165, 1.54) is 17.8 Å². The van der Waals surface area contributed by atoms with Crippen LogP contribution in [0.15, 0.2) is 11.4 Å². The van der Waals surface area contributed by atoms with Crippen molar-refractivity contribution >= 4 is 11.3 Å². The maximum atomic E-state index is 5.28. The number of ether oxygens (including phenoxy) is 1. The average molecular weight is 256 g/mol. The van der Waals surface area contributed by atoms with E-state index in [1.54, 1.807) is 18.4 Å². The van der Waals surface area contributed by atoms with Crippen LogP contribution in [-0.4, -0.2) is 38.2 Å². The van der Waals surface area contributed by atoms with Crippen molar-refractivity contribution in [2.24, 2.45) is 0 Å². The fourth-order valence-electron chi connectivity index (χ4n) is 1.81. The van der Waals surface area contributed by atoms with Crippen LogP contribution in [0.5, 0.6) is 5.75 Å². The minimum atomic E-state index is 0.916. The molecule has 1 rings (SSSR count). The van der Waals surface area contributed by atoms with Gasteiger partial charge in [0.05, 0.1) is 12.0 Å². The van der Waals surface area contributed by atoms with E-state index >= 15 is 0 Å². The van der Waals surface area contributed by atoms with E-state index in [4.69, 9.17) is 4.74 Å². The van der Waals surface area contributed by atoms with Crippen LogP contribution >= 0.6 is 11.3 Å². The normalized spacial score (nSPS) is 11.1. The Morgan fingerprint density at radius 2 is 2.12 bits per heavy atom. The Balaban J connectivity index is 2.12. The van der Waals surface area contributed by atoms with Crippen molar-refractivity contribution in [2.45, 2.75) is 26.8 Å². The van der Waals surface area contributed by atoms with Crippen molar-refractivity contribution in [1.82, 2.24) is 10.2 Å². The van der Waals surface area contributed by atoms with Gasteiger partial charge in [0.15, 0.2) is 0 Å². The van der Waals surface area contributed by atoms with Gasteiger partial charge < -0.3 is 15.0 Å². The van der Waals surface area contributed by atoms with Crippen LogP contribution in [0.4, 0.5) is 0 Å². The Morgan fingerprint density at radius 1 is 1.35 bits per heavy atom. The van der Waals surface area contributed by atoms with E-state index in [0.717, 1.165) is 31.9 Å². The molecule has 0 aliphatic heterocycles. The molecule has 1 N–H and O–H groups in total. The summed E-state index contributed by atoms with van der Waals surface area (Å²) < 4.78 is 5.28. The first-order valence-electron chi connectivity index (χ1n) is 6.35. The molecule has 0 aliphatic carbocycles. The molecule has 0 atom stereocenters. The smallest absolute Gasteiger partial charge is 0.134 e. The zero-order chi connectivity index (χ0) is 12.5. The molecule has 0 amide bonds. The van der Waals surface area contributed by atoms with Gasteiger partial charge in [-0.05, 0) is 44.0 Å². The Hall–Kier alpha value is -0.580. The van der Waals surface area contributed by atoms with Gasteiger partial charge in [0, 0.05) is 6.54 Å². The molecule has 0 aromatic carbocycles. The number of nitrogens with one attached hydrogen (secondary N) is 1. The third kappa shape index (κ3) is 5.06. The minimum absolute atomic E-state index is 0.916. The number of hydrogen-bond donors (Lipinski definition) is 1. The number of nitrogens with zero attached hydrogens (tertiary/aromatic N) is 1. The molecule has 0 unspecified atom stereocenters. The second-order valence-corrected chi connectivity index (χ2v) is 4.97. The van der Waals surface area contributed by atoms with Gasteiger partial charge in [0.1, 0.15) is 5.75 Å². The fourth-order valence-corrected chi connectivity index (χ4v) is 2.62. The van der Waals surface area contributed by atoms with Crippen LogP contribution < -0.4 is 10.1 Å². The summed E-state index contributed by atoms with van der Waals surface area (Å²) in [5, 5.41) is 5.54. The molecule has 4 heteroatoms. The molecule has 3 nitrogen and oxygen atoms in total. The van der Waals surface area contributed by atoms with Crippen molar-refractivity contribution < 1.29 is 4.74 Å². The van der Waals surface area contributed by atoms with Crippen molar-refractivity contribution in [3.8, 4) is 5.75 Å². The Kier molecular flexibility index (Phi) is 7.24. The molecular weight excluding hydrogens is 232 g/mol. The summed E-state index contributed by atoms with van der Waals surface area (Å²) in [6.07, 6.45) is 1.20. The second-order valence-electron chi connectivity index (χ2n) is 3.97. The third-order valence-electron chi connectivity index (χ3n) is 2.93. The molecule has 0 radical (unpaired) electrons. The molecule has 0 spiro atoms. The molecular formula is C13H24N2OS. The topological polar surface area (TPSA) is 24.5 Å². The lowest BCUT2D eigenvalue weighted by Crippen LogP contribution is -2.27. The molecule has 1 aromatic heterocycles. The Labute approximate surface area is 109 Å². The summed E-state index contributed by atoms with van der Waals surface area (Å²) >= 11 is 1.75. The summed E-state index contributed by atoms with van der Waals surface area (Å²) in [5.74, 6) is 1.01. The van der Waals surface area contributed by atoms with Crippen LogP contribution in [0, 0.1) is 0 Å². The molecule has 0 bridgehead atoms. The minimum Gasteiger partial charge on any atom is -0.496 e. The van der Waals surface area contributed by atoms with Crippen molar-refractivity contribution in [3.05, 3.63) is 16.3 Å². The highest BCUT2D eigenvalue weighted by Crippen LogP contribution is 2.23. The number of rotatable bonds is 9. The zero-order valence-corrected chi connectivity index (χ0v) is 12.0. The van der Waals surface area contributed by atoms with Gasteiger partial charge in [-0.25, -0.2) is 0 Å². The quantitative estimate of drug-likeness (QED) is 0.687. The van der Waals surface area contributed by atoms with E-state index < -0.39 is 0 Å². The number of methoxy groups -OCH3 is 1. The fraction of sp³-hybridized carbons (Fsp3) is 0.692. The summed E-state index contributed by atoms with van der Waals surface area (Å²) in [5.41, 5.74) is 0. The summed E-state index contributed by atoms with van der Waals surface area (Å²) in [7, 11) is 1.73. The maximum Gasteiger partial charge on any atom is 0.134 e. The van der Waals surface area contributed by atoms with E-state index in [2.05, 4.69) is 29.4 Å². The molecule has 98 valence electrons. The van der Waals surface area contributed by atoms with Gasteiger partial charge in [-0.3, -0.25) is 0 Å². The van der Waals surface area contributed by atoms with E-state index in [-0.39, 0.29) is 0 Å². The van der Waals surface area contributed by atoms with Gasteiger partial charge in [0.2, 0.25) is 0 Å². The van der Waals surface area contributed by atoms with E-state index in [1.807, 2.05) is 6.07 Å². The molecule has 0 fully saturated rings. The van der Waals surface area contributed by atoms with Crippen molar-refractivity contribution in [2.75, 3.05) is 33.3 Å². The number of thiophene rings is 1. The lowest BCUT2D eigenvalue weighted by atomic mass is 10.3. The maximum absolute atomic E-state index is 5.28. The molecule has 0 saturated carbocycles. The SMILES string of the molecule is CCN(CC)CCCNCc1sccc1OC. The molecule has 0 aliphatic rings. The van der Waals surface area contributed by atoms with Crippen LogP contribution in [-0.2, 0) is 6.54 Å². The largest absolute Gasteiger partial charge is 0.496 e. The van der Waals surface area contributed by atoms with Crippen LogP contribution in [0.3, 0.4) is 0 Å². The van der Waals surface area contributed by atoms with Crippen LogP contribution in [0.2, 0.25) is 0 Å². The lowest BCUT2D eigenvalue weighted by molar-refractivity contribution is 0.298. The molecule has 1 aromatic rings.